The minimum absolute atomic E-state index is 0.304. The lowest BCUT2D eigenvalue weighted by molar-refractivity contribution is -0.130. The van der Waals surface area contributed by atoms with Gasteiger partial charge in [0.15, 0.2) is 0 Å². The maximum Gasteiger partial charge on any atom is 0.336 e. The first-order valence-electron chi connectivity index (χ1n) is 6.74. The van der Waals surface area contributed by atoms with Gasteiger partial charge in [-0.1, -0.05) is 72.8 Å². The van der Waals surface area contributed by atoms with Crippen LogP contribution in [-0.2, 0) is 4.79 Å². The van der Waals surface area contributed by atoms with Crippen molar-refractivity contribution in [3.05, 3.63) is 83.9 Å². The highest BCUT2D eigenvalue weighted by Crippen LogP contribution is 2.27. The number of hydrogen-bond donors (Lipinski definition) is 1. The van der Waals surface area contributed by atoms with Crippen LogP contribution in [0.4, 0.5) is 0 Å². The molecule has 0 atom stereocenters. The first-order valence-corrected chi connectivity index (χ1v) is 6.74. The molecule has 0 bridgehead atoms. The van der Waals surface area contributed by atoms with E-state index in [2.05, 4.69) is 0 Å². The van der Waals surface area contributed by atoms with E-state index in [1.165, 1.54) is 0 Å². The highest BCUT2D eigenvalue weighted by molar-refractivity contribution is 6.23. The third kappa shape index (κ3) is 2.70. The van der Waals surface area contributed by atoms with Gasteiger partial charge in [-0.05, 0) is 28.0 Å². The fraction of sp³-hybridized carbons (Fsp3) is 0. The second-order valence-corrected chi connectivity index (χ2v) is 4.80. The number of hydrogen-bond acceptors (Lipinski definition) is 1. The van der Waals surface area contributed by atoms with Crippen LogP contribution < -0.4 is 0 Å². The molecule has 0 aromatic heterocycles. The molecule has 1 N–H and O–H groups in total. The summed E-state index contributed by atoms with van der Waals surface area (Å²) in [6.07, 6.45) is 1.71. The van der Waals surface area contributed by atoms with Crippen LogP contribution in [0.25, 0.3) is 22.4 Å². The van der Waals surface area contributed by atoms with Crippen molar-refractivity contribution < 1.29 is 9.90 Å². The maximum absolute atomic E-state index is 11.7. The Kier molecular flexibility index (Phi) is 3.52. The fourth-order valence-corrected chi connectivity index (χ4v) is 2.43. The van der Waals surface area contributed by atoms with Crippen molar-refractivity contribution in [2.24, 2.45) is 0 Å². The van der Waals surface area contributed by atoms with Crippen LogP contribution >= 0.6 is 0 Å². The number of fused-ring (bicyclic) bond motifs is 1. The molecule has 3 aromatic carbocycles. The van der Waals surface area contributed by atoms with Crippen molar-refractivity contribution in [3.63, 3.8) is 0 Å². The topological polar surface area (TPSA) is 37.3 Å². The van der Waals surface area contributed by atoms with Crippen LogP contribution in [0.5, 0.6) is 0 Å². The van der Waals surface area contributed by atoms with Crippen molar-refractivity contribution in [2.75, 3.05) is 0 Å². The molecule has 0 saturated carbocycles. The molecular weight excluding hydrogens is 260 g/mol. The monoisotopic (exact) mass is 274 g/mol. The summed E-state index contributed by atoms with van der Waals surface area (Å²) in [5.74, 6) is -0.921. The van der Waals surface area contributed by atoms with Crippen molar-refractivity contribution >= 4 is 28.4 Å². The summed E-state index contributed by atoms with van der Waals surface area (Å²) in [6, 6.07) is 23.0. The molecule has 0 amide bonds. The van der Waals surface area contributed by atoms with Gasteiger partial charge in [0.2, 0.25) is 0 Å². The minimum atomic E-state index is -0.921. The Labute approximate surface area is 123 Å². The Morgan fingerprint density at radius 1 is 0.810 bits per heavy atom. The number of benzene rings is 3. The van der Waals surface area contributed by atoms with Gasteiger partial charge >= 0.3 is 5.97 Å². The first-order chi connectivity index (χ1) is 10.3. The average molecular weight is 274 g/mol. The quantitative estimate of drug-likeness (QED) is 0.565. The van der Waals surface area contributed by atoms with Crippen LogP contribution in [0, 0.1) is 0 Å². The third-order valence-electron chi connectivity index (χ3n) is 3.42. The minimum Gasteiger partial charge on any atom is -0.478 e. The molecule has 0 saturated heterocycles. The Morgan fingerprint density at radius 2 is 1.48 bits per heavy atom. The molecule has 0 aliphatic carbocycles. The molecule has 0 heterocycles. The molecule has 0 aliphatic rings. The molecule has 0 fully saturated rings. The molecule has 21 heavy (non-hydrogen) atoms. The van der Waals surface area contributed by atoms with E-state index in [1.54, 1.807) is 6.08 Å². The zero-order valence-electron chi connectivity index (χ0n) is 11.4. The van der Waals surface area contributed by atoms with Gasteiger partial charge in [0.1, 0.15) is 0 Å². The molecule has 3 rings (SSSR count). The molecule has 0 radical (unpaired) electrons. The van der Waals surface area contributed by atoms with E-state index in [9.17, 15) is 9.90 Å². The molecule has 0 aliphatic heterocycles. The van der Waals surface area contributed by atoms with Gasteiger partial charge in [-0.15, -0.1) is 0 Å². The zero-order valence-corrected chi connectivity index (χ0v) is 11.4. The highest BCUT2D eigenvalue weighted by atomic mass is 16.4. The van der Waals surface area contributed by atoms with E-state index in [0.717, 1.165) is 21.9 Å². The molecular formula is C19H14O2. The molecule has 0 spiro atoms. The van der Waals surface area contributed by atoms with Crippen molar-refractivity contribution in [3.8, 4) is 0 Å². The Bertz CT molecular complexity index is 812. The SMILES string of the molecule is O=C(O)/C(=C\c1ccccc1)c1cccc2ccccc12. The fourth-order valence-electron chi connectivity index (χ4n) is 2.43. The standard InChI is InChI=1S/C19H14O2/c20-19(21)18(13-14-7-2-1-3-8-14)17-12-6-10-15-9-4-5-11-16(15)17/h1-13H,(H,20,21)/b18-13-. The Balaban J connectivity index is 2.22. The molecule has 0 unspecified atom stereocenters. The van der Waals surface area contributed by atoms with Gasteiger partial charge < -0.3 is 5.11 Å². The number of carboxylic acids is 1. The zero-order chi connectivity index (χ0) is 14.7. The lowest BCUT2D eigenvalue weighted by Gasteiger charge is -2.08. The van der Waals surface area contributed by atoms with Crippen LogP contribution in [0.15, 0.2) is 72.8 Å². The van der Waals surface area contributed by atoms with E-state index in [-0.39, 0.29) is 0 Å². The predicted molar refractivity (Wildman–Crippen MR) is 85.9 cm³/mol. The van der Waals surface area contributed by atoms with Gasteiger partial charge in [-0.3, -0.25) is 0 Å². The van der Waals surface area contributed by atoms with Crippen molar-refractivity contribution in [2.45, 2.75) is 0 Å². The largest absolute Gasteiger partial charge is 0.478 e. The maximum atomic E-state index is 11.7. The molecule has 3 aromatic rings. The normalized spacial score (nSPS) is 11.5. The average Bonchev–Trinajstić information content (AvgIpc) is 2.53. The van der Waals surface area contributed by atoms with E-state index in [0.29, 0.717) is 5.57 Å². The van der Waals surface area contributed by atoms with E-state index >= 15 is 0 Å². The van der Waals surface area contributed by atoms with Crippen LogP contribution in [-0.4, -0.2) is 11.1 Å². The lowest BCUT2D eigenvalue weighted by Crippen LogP contribution is -2.00. The van der Waals surface area contributed by atoms with Crippen LogP contribution in [0.1, 0.15) is 11.1 Å². The molecule has 2 heteroatoms. The smallest absolute Gasteiger partial charge is 0.336 e. The lowest BCUT2D eigenvalue weighted by atomic mass is 9.96. The summed E-state index contributed by atoms with van der Waals surface area (Å²) < 4.78 is 0. The summed E-state index contributed by atoms with van der Waals surface area (Å²) in [6.45, 7) is 0. The second kappa shape index (κ2) is 5.63. The van der Waals surface area contributed by atoms with Gasteiger partial charge in [0, 0.05) is 0 Å². The summed E-state index contributed by atoms with van der Waals surface area (Å²) in [4.78, 5) is 11.7. The van der Waals surface area contributed by atoms with E-state index in [1.807, 2.05) is 72.8 Å². The summed E-state index contributed by atoms with van der Waals surface area (Å²) in [5, 5.41) is 11.6. The summed E-state index contributed by atoms with van der Waals surface area (Å²) in [5.41, 5.74) is 1.92. The van der Waals surface area contributed by atoms with Crippen LogP contribution in [0.3, 0.4) is 0 Å². The second-order valence-electron chi connectivity index (χ2n) is 4.80. The van der Waals surface area contributed by atoms with Gasteiger partial charge in [-0.25, -0.2) is 4.79 Å². The van der Waals surface area contributed by atoms with Crippen molar-refractivity contribution in [1.82, 2.24) is 0 Å². The number of aliphatic carboxylic acids is 1. The van der Waals surface area contributed by atoms with Gasteiger partial charge in [0.25, 0.3) is 0 Å². The Morgan fingerprint density at radius 3 is 2.24 bits per heavy atom. The summed E-state index contributed by atoms with van der Waals surface area (Å²) in [7, 11) is 0. The number of carbonyl (C=O) groups is 1. The molecule has 102 valence electrons. The predicted octanol–water partition coefficient (Wildman–Crippen LogP) is 4.47. The van der Waals surface area contributed by atoms with Gasteiger partial charge in [0.05, 0.1) is 5.57 Å². The van der Waals surface area contributed by atoms with Gasteiger partial charge in [-0.2, -0.15) is 0 Å². The Hall–Kier alpha value is -2.87. The molecule has 2 nitrogen and oxygen atoms in total. The number of rotatable bonds is 3. The summed E-state index contributed by atoms with van der Waals surface area (Å²) >= 11 is 0. The third-order valence-corrected chi connectivity index (χ3v) is 3.42. The van der Waals surface area contributed by atoms with E-state index < -0.39 is 5.97 Å². The number of carboxylic acid groups (broad SMARTS) is 1. The highest BCUT2D eigenvalue weighted by Gasteiger charge is 2.13. The van der Waals surface area contributed by atoms with Crippen LogP contribution in [0.2, 0.25) is 0 Å². The van der Waals surface area contributed by atoms with Crippen molar-refractivity contribution in [1.29, 1.82) is 0 Å². The first kappa shape index (κ1) is 13.1. The van der Waals surface area contributed by atoms with E-state index in [4.69, 9.17) is 0 Å².